The standard InChI is InChI=1S/C28H35N5O4/c1-19-14-24(7-4-22(19)18-32-12-13-33(28(35)36)20(2)17-32)31(3)27(34)21-5-8-25(9-6-21)37-26-10-11-30-23(15-26)16-29/h4,7,10-11,14-15,20-21,25H,5-6,8-9,12-13,17-18H2,1-3H3,(H,35,36)/t20-,21?,25?/m0/s1. The normalized spacial score (nSPS) is 22.2. The Balaban J connectivity index is 1.30. The zero-order valence-electron chi connectivity index (χ0n) is 21.8. The van der Waals surface area contributed by atoms with Gasteiger partial charge in [0.2, 0.25) is 5.91 Å². The second kappa shape index (κ2) is 11.6. The van der Waals surface area contributed by atoms with Crippen molar-refractivity contribution in [2.75, 3.05) is 31.6 Å². The van der Waals surface area contributed by atoms with Crippen molar-refractivity contribution in [3.63, 3.8) is 0 Å². The summed E-state index contributed by atoms with van der Waals surface area (Å²) in [5, 5.41) is 18.3. The molecule has 1 aliphatic carbocycles. The maximum Gasteiger partial charge on any atom is 0.407 e. The predicted molar refractivity (Wildman–Crippen MR) is 139 cm³/mol. The first kappa shape index (κ1) is 26.4. The lowest BCUT2D eigenvalue weighted by atomic mass is 9.86. The molecule has 0 spiro atoms. The molecule has 2 amide bonds. The fourth-order valence-corrected chi connectivity index (χ4v) is 5.33. The van der Waals surface area contributed by atoms with Crippen LogP contribution in [0.4, 0.5) is 10.5 Å². The first-order valence-corrected chi connectivity index (χ1v) is 12.9. The van der Waals surface area contributed by atoms with Crippen molar-refractivity contribution in [3.05, 3.63) is 53.3 Å². The fourth-order valence-electron chi connectivity index (χ4n) is 5.33. The van der Waals surface area contributed by atoms with Crippen LogP contribution < -0.4 is 9.64 Å². The number of carboxylic acid groups (broad SMARTS) is 1. The van der Waals surface area contributed by atoms with Gasteiger partial charge >= 0.3 is 6.09 Å². The molecule has 1 aliphatic heterocycles. The number of nitrogens with zero attached hydrogens (tertiary/aromatic N) is 5. The molecule has 0 unspecified atom stereocenters. The van der Waals surface area contributed by atoms with E-state index in [9.17, 15) is 14.7 Å². The predicted octanol–water partition coefficient (Wildman–Crippen LogP) is 4.05. The summed E-state index contributed by atoms with van der Waals surface area (Å²) in [6.45, 7) is 6.70. The minimum atomic E-state index is -0.857. The molecule has 2 heterocycles. The number of ether oxygens (including phenoxy) is 1. The maximum absolute atomic E-state index is 13.3. The fraction of sp³-hybridized carbons (Fsp3) is 0.500. The van der Waals surface area contributed by atoms with Gasteiger partial charge in [0.1, 0.15) is 17.5 Å². The molecule has 0 bridgehead atoms. The lowest BCUT2D eigenvalue weighted by Crippen LogP contribution is -2.53. The average molecular weight is 506 g/mol. The van der Waals surface area contributed by atoms with Crippen molar-refractivity contribution in [1.29, 1.82) is 5.26 Å². The second-order valence-electron chi connectivity index (χ2n) is 10.1. The monoisotopic (exact) mass is 505 g/mol. The third-order valence-corrected chi connectivity index (χ3v) is 7.57. The molecule has 1 saturated heterocycles. The van der Waals surface area contributed by atoms with Crippen molar-refractivity contribution in [2.24, 2.45) is 5.92 Å². The molecule has 196 valence electrons. The summed E-state index contributed by atoms with van der Waals surface area (Å²) in [6, 6.07) is 11.5. The largest absolute Gasteiger partial charge is 0.490 e. The zero-order valence-corrected chi connectivity index (χ0v) is 21.8. The number of nitriles is 1. The third kappa shape index (κ3) is 6.38. The number of carbonyl (C=O) groups excluding carboxylic acids is 1. The Morgan fingerprint density at radius 1 is 1.19 bits per heavy atom. The minimum absolute atomic E-state index is 0.0323. The van der Waals surface area contributed by atoms with Gasteiger partial charge in [-0.05, 0) is 68.9 Å². The lowest BCUT2D eigenvalue weighted by molar-refractivity contribution is -0.123. The molecule has 1 N–H and O–H groups in total. The number of carbonyl (C=O) groups is 2. The summed E-state index contributed by atoms with van der Waals surface area (Å²) < 4.78 is 6.03. The number of hydrogen-bond donors (Lipinski definition) is 1. The Bertz CT molecular complexity index is 1170. The van der Waals surface area contributed by atoms with Gasteiger partial charge in [-0.15, -0.1) is 0 Å². The highest BCUT2D eigenvalue weighted by Crippen LogP contribution is 2.31. The summed E-state index contributed by atoms with van der Waals surface area (Å²) in [7, 11) is 1.84. The molecule has 1 aromatic carbocycles. The van der Waals surface area contributed by atoms with Crippen LogP contribution in [-0.2, 0) is 11.3 Å². The van der Waals surface area contributed by atoms with Crippen LogP contribution in [0, 0.1) is 24.2 Å². The highest BCUT2D eigenvalue weighted by molar-refractivity contribution is 5.94. The van der Waals surface area contributed by atoms with Gasteiger partial charge in [0.15, 0.2) is 0 Å². The van der Waals surface area contributed by atoms with Crippen molar-refractivity contribution in [2.45, 2.75) is 58.2 Å². The number of rotatable bonds is 6. The summed E-state index contributed by atoms with van der Waals surface area (Å²) in [6.07, 6.45) is 3.86. The second-order valence-corrected chi connectivity index (χ2v) is 10.1. The van der Waals surface area contributed by atoms with E-state index in [1.54, 1.807) is 23.2 Å². The van der Waals surface area contributed by atoms with Crippen molar-refractivity contribution in [3.8, 4) is 11.8 Å². The smallest absolute Gasteiger partial charge is 0.407 e. The van der Waals surface area contributed by atoms with E-state index in [0.717, 1.165) is 43.5 Å². The molecular weight excluding hydrogens is 470 g/mol. The molecule has 37 heavy (non-hydrogen) atoms. The first-order valence-electron chi connectivity index (χ1n) is 12.9. The van der Waals surface area contributed by atoms with Crippen molar-refractivity contribution < 1.29 is 19.4 Å². The minimum Gasteiger partial charge on any atom is -0.490 e. The topological polar surface area (TPSA) is 110 Å². The number of aromatic nitrogens is 1. The van der Waals surface area contributed by atoms with Gasteiger partial charge in [0.05, 0.1) is 6.10 Å². The Hall–Kier alpha value is -3.64. The van der Waals surface area contributed by atoms with E-state index in [0.29, 0.717) is 31.1 Å². The molecule has 1 aromatic heterocycles. The van der Waals surface area contributed by atoms with Crippen LogP contribution in [0.2, 0.25) is 0 Å². The number of anilines is 1. The van der Waals surface area contributed by atoms with Gasteiger partial charge in [-0.25, -0.2) is 9.78 Å². The van der Waals surface area contributed by atoms with Crippen LogP contribution in [0.3, 0.4) is 0 Å². The quantitative estimate of drug-likeness (QED) is 0.631. The van der Waals surface area contributed by atoms with Crippen LogP contribution >= 0.6 is 0 Å². The Kier molecular flexibility index (Phi) is 8.29. The highest BCUT2D eigenvalue weighted by atomic mass is 16.5. The molecule has 2 fully saturated rings. The first-order chi connectivity index (χ1) is 17.7. The number of aryl methyl sites for hydroxylation is 1. The van der Waals surface area contributed by atoms with E-state index in [1.807, 2.05) is 26.1 Å². The third-order valence-electron chi connectivity index (χ3n) is 7.57. The summed E-state index contributed by atoms with van der Waals surface area (Å²) >= 11 is 0. The zero-order chi connectivity index (χ0) is 26.5. The highest BCUT2D eigenvalue weighted by Gasteiger charge is 2.30. The van der Waals surface area contributed by atoms with Crippen molar-refractivity contribution >= 4 is 17.7 Å². The van der Waals surface area contributed by atoms with Crippen LogP contribution in [0.5, 0.6) is 5.75 Å². The SMILES string of the molecule is Cc1cc(N(C)C(=O)C2CCC(Oc3ccnc(C#N)c3)CC2)ccc1CN1CCN(C(=O)O)[C@@H](C)C1. The number of pyridine rings is 1. The summed E-state index contributed by atoms with van der Waals surface area (Å²) in [5.41, 5.74) is 3.53. The van der Waals surface area contributed by atoms with E-state index in [-0.39, 0.29) is 24.0 Å². The Morgan fingerprint density at radius 3 is 2.59 bits per heavy atom. The molecule has 2 aromatic rings. The lowest BCUT2D eigenvalue weighted by Gasteiger charge is -2.38. The Morgan fingerprint density at radius 2 is 1.95 bits per heavy atom. The number of benzene rings is 1. The summed E-state index contributed by atoms with van der Waals surface area (Å²) in [4.78, 5) is 34.1. The van der Waals surface area contributed by atoms with Gasteiger partial charge in [-0.2, -0.15) is 5.26 Å². The number of amides is 2. The van der Waals surface area contributed by atoms with Crippen LogP contribution in [0.1, 0.15) is 49.4 Å². The molecular formula is C28H35N5O4. The number of piperazine rings is 1. The van der Waals surface area contributed by atoms with Gasteiger partial charge in [-0.3, -0.25) is 9.69 Å². The average Bonchev–Trinajstić information content (AvgIpc) is 2.89. The van der Waals surface area contributed by atoms with Gasteiger partial charge in [0.25, 0.3) is 0 Å². The molecule has 2 aliphatic rings. The summed E-state index contributed by atoms with van der Waals surface area (Å²) in [5.74, 6) is 0.732. The van der Waals surface area contributed by atoms with Crippen molar-refractivity contribution in [1.82, 2.24) is 14.8 Å². The van der Waals surface area contributed by atoms with Gasteiger partial charge in [-0.1, -0.05) is 6.07 Å². The van der Waals surface area contributed by atoms with E-state index in [1.165, 1.54) is 10.5 Å². The van der Waals surface area contributed by atoms with Crippen LogP contribution in [-0.4, -0.2) is 70.7 Å². The molecule has 0 radical (unpaired) electrons. The maximum atomic E-state index is 13.3. The molecule has 4 rings (SSSR count). The molecule has 1 atom stereocenters. The van der Waals surface area contributed by atoms with E-state index in [2.05, 4.69) is 28.9 Å². The van der Waals surface area contributed by atoms with Gasteiger partial charge in [0, 0.05) is 63.1 Å². The number of hydrogen-bond acceptors (Lipinski definition) is 6. The van der Waals surface area contributed by atoms with E-state index < -0.39 is 6.09 Å². The Labute approximate surface area is 218 Å². The molecule has 1 saturated carbocycles. The van der Waals surface area contributed by atoms with E-state index in [4.69, 9.17) is 10.00 Å². The van der Waals surface area contributed by atoms with Crippen LogP contribution in [0.25, 0.3) is 0 Å². The van der Waals surface area contributed by atoms with Gasteiger partial charge < -0.3 is 19.6 Å². The molecule has 9 nitrogen and oxygen atoms in total. The van der Waals surface area contributed by atoms with Crippen LogP contribution in [0.15, 0.2) is 36.5 Å². The molecule has 9 heteroatoms. The van der Waals surface area contributed by atoms with E-state index >= 15 is 0 Å².